The normalized spacial score (nSPS) is 16.7. The Labute approximate surface area is 179 Å². The summed E-state index contributed by atoms with van der Waals surface area (Å²) in [6.45, 7) is 6.76. The zero-order chi connectivity index (χ0) is 20.8. The van der Waals surface area contributed by atoms with Crippen LogP contribution in [0.4, 0.5) is 17.1 Å². The Bertz CT molecular complexity index is 1180. The molecular weight excluding hydrogens is 402 g/mol. The van der Waals surface area contributed by atoms with E-state index in [9.17, 15) is 9.59 Å². The summed E-state index contributed by atoms with van der Waals surface area (Å²) in [4.78, 5) is 31.7. The third-order valence-electron chi connectivity index (χ3n) is 6.00. The van der Waals surface area contributed by atoms with Crippen LogP contribution in [0.3, 0.4) is 0 Å². The van der Waals surface area contributed by atoms with E-state index < -0.39 is 10.9 Å². The maximum atomic E-state index is 12.8. The molecule has 0 amide bonds. The van der Waals surface area contributed by atoms with Gasteiger partial charge in [0.05, 0.1) is 12.2 Å². The largest absolute Gasteiger partial charge is 0.455 e. The van der Waals surface area contributed by atoms with Crippen LogP contribution in [0, 0.1) is 0 Å². The maximum absolute atomic E-state index is 12.8. The number of anilines is 3. The van der Waals surface area contributed by atoms with Crippen LogP contribution in [0.1, 0.15) is 12.5 Å². The standard InChI is InChI=1S/C23H22ClN3O3/c1-2-25-9-11-26(12-10-25)20-21(23(29)22(20)28)27-14-15-5-3-4-6-18(15)30-19-8-7-16(24)13-17(19)27/h3-8,13H,2,9-12,14H2,1H3. The van der Waals surface area contributed by atoms with Gasteiger partial charge in [0.2, 0.25) is 0 Å². The lowest BCUT2D eigenvalue weighted by molar-refractivity contribution is 0.271. The van der Waals surface area contributed by atoms with Gasteiger partial charge in [0.1, 0.15) is 17.1 Å². The molecule has 2 heterocycles. The molecule has 0 aromatic heterocycles. The van der Waals surface area contributed by atoms with E-state index in [2.05, 4.69) is 11.8 Å². The van der Waals surface area contributed by atoms with Crippen LogP contribution >= 0.6 is 11.6 Å². The average molecular weight is 424 g/mol. The second-order valence-electron chi connectivity index (χ2n) is 7.68. The summed E-state index contributed by atoms with van der Waals surface area (Å²) in [5.41, 5.74) is 1.74. The fourth-order valence-electron chi connectivity index (χ4n) is 4.29. The van der Waals surface area contributed by atoms with E-state index >= 15 is 0 Å². The fourth-order valence-corrected chi connectivity index (χ4v) is 4.46. The van der Waals surface area contributed by atoms with E-state index in [-0.39, 0.29) is 0 Å². The van der Waals surface area contributed by atoms with Crippen molar-refractivity contribution in [1.29, 1.82) is 0 Å². The molecule has 0 aliphatic carbocycles. The predicted octanol–water partition coefficient (Wildman–Crippen LogP) is 3.52. The van der Waals surface area contributed by atoms with E-state index in [0.29, 0.717) is 34.4 Å². The summed E-state index contributed by atoms with van der Waals surface area (Å²) in [6, 6.07) is 13.1. The highest BCUT2D eigenvalue weighted by Crippen LogP contribution is 2.44. The van der Waals surface area contributed by atoms with Gasteiger partial charge in [0.15, 0.2) is 5.75 Å². The highest BCUT2D eigenvalue weighted by molar-refractivity contribution is 6.31. The first-order valence-electron chi connectivity index (χ1n) is 10.2. The second kappa shape index (κ2) is 7.45. The van der Waals surface area contributed by atoms with Crippen LogP contribution in [-0.4, -0.2) is 37.6 Å². The zero-order valence-corrected chi connectivity index (χ0v) is 17.5. The molecule has 0 N–H and O–H groups in total. The molecule has 0 saturated carbocycles. The molecule has 0 bridgehead atoms. The molecule has 0 radical (unpaired) electrons. The average Bonchev–Trinajstić information content (AvgIpc) is 2.93. The third kappa shape index (κ3) is 3.07. The molecule has 2 aliphatic heterocycles. The van der Waals surface area contributed by atoms with Gasteiger partial charge in [-0.25, -0.2) is 0 Å². The van der Waals surface area contributed by atoms with Crippen LogP contribution in [0.25, 0.3) is 0 Å². The monoisotopic (exact) mass is 423 g/mol. The van der Waals surface area contributed by atoms with E-state index in [1.807, 2.05) is 34.1 Å². The quantitative estimate of drug-likeness (QED) is 0.601. The number of likely N-dealkylation sites (N-methyl/N-ethyl adjacent to an activating group) is 1. The summed E-state index contributed by atoms with van der Waals surface area (Å²) in [6.07, 6.45) is 0. The lowest BCUT2D eigenvalue weighted by Gasteiger charge is -2.38. The minimum atomic E-state index is -0.451. The van der Waals surface area contributed by atoms with Crippen molar-refractivity contribution in [3.63, 3.8) is 0 Å². The van der Waals surface area contributed by atoms with Crippen molar-refractivity contribution >= 4 is 28.7 Å². The van der Waals surface area contributed by atoms with E-state index in [4.69, 9.17) is 16.3 Å². The number of fused-ring (bicyclic) bond motifs is 2. The number of para-hydroxylation sites is 1. The molecule has 3 aromatic rings. The predicted molar refractivity (Wildman–Crippen MR) is 119 cm³/mol. The minimum absolute atomic E-state index is 0.406. The van der Waals surface area contributed by atoms with E-state index in [1.165, 1.54) is 0 Å². The second-order valence-corrected chi connectivity index (χ2v) is 8.12. The number of rotatable bonds is 3. The van der Waals surface area contributed by atoms with Crippen molar-refractivity contribution in [2.75, 3.05) is 42.5 Å². The first kappa shape index (κ1) is 19.2. The van der Waals surface area contributed by atoms with Gasteiger partial charge >= 0.3 is 0 Å². The van der Waals surface area contributed by atoms with Gasteiger partial charge in [-0.2, -0.15) is 0 Å². The summed E-state index contributed by atoms with van der Waals surface area (Å²) in [5.74, 6) is 1.35. The maximum Gasteiger partial charge on any atom is 0.253 e. The molecular formula is C23H22ClN3O3. The van der Waals surface area contributed by atoms with Gasteiger partial charge < -0.3 is 19.4 Å². The van der Waals surface area contributed by atoms with Crippen LogP contribution in [-0.2, 0) is 6.54 Å². The van der Waals surface area contributed by atoms with Gasteiger partial charge in [-0.05, 0) is 30.8 Å². The number of ether oxygens (including phenoxy) is 1. The Morgan fingerprint density at radius 3 is 2.43 bits per heavy atom. The summed E-state index contributed by atoms with van der Waals surface area (Å²) >= 11 is 6.29. The van der Waals surface area contributed by atoms with Crippen LogP contribution < -0.4 is 25.4 Å². The first-order valence-corrected chi connectivity index (χ1v) is 10.6. The van der Waals surface area contributed by atoms with Gasteiger partial charge in [-0.15, -0.1) is 0 Å². The lowest BCUT2D eigenvalue weighted by Crippen LogP contribution is -2.52. The van der Waals surface area contributed by atoms with Crippen LogP contribution in [0.15, 0.2) is 52.1 Å². The Balaban J connectivity index is 1.61. The van der Waals surface area contributed by atoms with Gasteiger partial charge in [-0.1, -0.05) is 36.7 Å². The molecule has 0 spiro atoms. The summed E-state index contributed by atoms with van der Waals surface area (Å²) in [7, 11) is 0. The number of halogens is 1. The van der Waals surface area contributed by atoms with E-state index in [1.54, 1.807) is 18.2 Å². The van der Waals surface area contributed by atoms with Crippen molar-refractivity contribution in [2.45, 2.75) is 13.5 Å². The SMILES string of the molecule is CCN1CCN(c2c(N3Cc4ccccc4Oc4ccc(Cl)cc43)c(=O)c2=O)CC1. The highest BCUT2D eigenvalue weighted by Gasteiger charge is 2.34. The molecule has 0 unspecified atom stereocenters. The van der Waals surface area contributed by atoms with E-state index in [0.717, 1.165) is 44.0 Å². The lowest BCUT2D eigenvalue weighted by atomic mass is 10.1. The Morgan fingerprint density at radius 1 is 0.933 bits per heavy atom. The van der Waals surface area contributed by atoms with Crippen LogP contribution in [0.2, 0.25) is 5.02 Å². The number of hydrogen-bond acceptors (Lipinski definition) is 6. The molecule has 7 heteroatoms. The highest BCUT2D eigenvalue weighted by atomic mass is 35.5. The molecule has 6 nitrogen and oxygen atoms in total. The number of piperazine rings is 1. The molecule has 5 rings (SSSR count). The van der Waals surface area contributed by atoms with Crippen LogP contribution in [0.5, 0.6) is 11.5 Å². The zero-order valence-electron chi connectivity index (χ0n) is 16.7. The number of benzene rings is 2. The molecule has 0 atom stereocenters. The van der Waals surface area contributed by atoms with Crippen molar-refractivity contribution < 1.29 is 4.74 Å². The third-order valence-corrected chi connectivity index (χ3v) is 6.23. The molecule has 1 saturated heterocycles. The van der Waals surface area contributed by atoms with Crippen molar-refractivity contribution in [3.05, 3.63) is 73.5 Å². The first-order chi connectivity index (χ1) is 14.6. The fraction of sp³-hybridized carbons (Fsp3) is 0.304. The number of hydrogen-bond donors (Lipinski definition) is 0. The van der Waals surface area contributed by atoms with Gasteiger partial charge in [-0.3, -0.25) is 9.59 Å². The smallest absolute Gasteiger partial charge is 0.253 e. The molecule has 1 fully saturated rings. The molecule has 154 valence electrons. The Kier molecular flexibility index (Phi) is 4.76. The van der Waals surface area contributed by atoms with Crippen molar-refractivity contribution in [2.24, 2.45) is 0 Å². The Morgan fingerprint density at radius 2 is 1.67 bits per heavy atom. The molecule has 3 aromatic carbocycles. The Hall–Kier alpha value is -2.83. The van der Waals surface area contributed by atoms with Crippen molar-refractivity contribution in [3.8, 4) is 11.5 Å². The van der Waals surface area contributed by atoms with Gasteiger partial charge in [0.25, 0.3) is 10.9 Å². The van der Waals surface area contributed by atoms with Crippen molar-refractivity contribution in [1.82, 2.24) is 4.90 Å². The summed E-state index contributed by atoms with van der Waals surface area (Å²) in [5, 5.41) is 0.546. The van der Waals surface area contributed by atoms with Gasteiger partial charge in [0, 0.05) is 36.8 Å². The minimum Gasteiger partial charge on any atom is -0.455 e. The summed E-state index contributed by atoms with van der Waals surface area (Å²) < 4.78 is 6.14. The molecule has 30 heavy (non-hydrogen) atoms. The number of nitrogens with zero attached hydrogens (tertiary/aromatic N) is 3. The molecule has 2 aliphatic rings. The topological polar surface area (TPSA) is 53.1 Å².